The number of carbonyl (C=O) groups excluding carboxylic acids is 2. The van der Waals surface area contributed by atoms with Gasteiger partial charge in [0.2, 0.25) is 0 Å². The lowest BCUT2D eigenvalue weighted by Crippen LogP contribution is -2.32. The Morgan fingerprint density at radius 3 is 2.00 bits per heavy atom. The first kappa shape index (κ1) is 23.3. The minimum Gasteiger partial charge on any atom is -0.493 e. The summed E-state index contributed by atoms with van der Waals surface area (Å²) >= 11 is 0. The number of allylic oxidation sites excluding steroid dienone is 2. The van der Waals surface area contributed by atoms with Crippen LogP contribution in [0, 0.1) is 0 Å². The molecule has 0 aromatic heterocycles. The van der Waals surface area contributed by atoms with Crippen LogP contribution in [-0.4, -0.2) is 65.4 Å². The molecule has 0 bridgehead atoms. The molecule has 164 valence electrons. The van der Waals surface area contributed by atoms with Crippen LogP contribution in [-0.2, 0) is 19.1 Å². The molecule has 30 heavy (non-hydrogen) atoms. The lowest BCUT2D eigenvalue weighted by atomic mass is 9.80. The lowest BCUT2D eigenvalue weighted by Gasteiger charge is -2.30. The molecular formula is C22H30N2O6. The number of benzene rings is 1. The van der Waals surface area contributed by atoms with Gasteiger partial charge in [0.25, 0.3) is 0 Å². The molecule has 0 amide bonds. The zero-order valence-corrected chi connectivity index (χ0v) is 18.6. The predicted octanol–water partition coefficient (Wildman–Crippen LogP) is 2.22. The van der Waals surface area contributed by atoms with Crippen molar-refractivity contribution in [1.29, 1.82) is 0 Å². The molecule has 1 N–H and O–H groups in total. The van der Waals surface area contributed by atoms with Crippen LogP contribution >= 0.6 is 0 Å². The van der Waals surface area contributed by atoms with Crippen LogP contribution in [0.4, 0.5) is 0 Å². The number of carbonyl (C=O) groups is 2. The molecule has 1 aromatic carbocycles. The summed E-state index contributed by atoms with van der Waals surface area (Å²) in [6.07, 6.45) is 0. The van der Waals surface area contributed by atoms with E-state index in [0.29, 0.717) is 46.2 Å². The summed E-state index contributed by atoms with van der Waals surface area (Å²) in [7, 11) is 8.10. The van der Waals surface area contributed by atoms with Gasteiger partial charge in [-0.25, -0.2) is 9.59 Å². The minimum atomic E-state index is -0.670. The summed E-state index contributed by atoms with van der Waals surface area (Å²) in [5.41, 5.74) is 2.59. The van der Waals surface area contributed by atoms with Crippen molar-refractivity contribution in [1.82, 2.24) is 10.2 Å². The highest BCUT2D eigenvalue weighted by Gasteiger charge is 2.37. The summed E-state index contributed by atoms with van der Waals surface area (Å²) in [4.78, 5) is 27.2. The fourth-order valence-electron chi connectivity index (χ4n) is 3.41. The number of likely N-dealkylation sites (N-methyl/N-ethyl adjacent to an activating group) is 1. The Hall–Kier alpha value is -3.00. The van der Waals surface area contributed by atoms with Gasteiger partial charge in [0.1, 0.15) is 6.61 Å². The maximum Gasteiger partial charge on any atom is 0.336 e. The number of methoxy groups -OCH3 is 3. The third-order valence-corrected chi connectivity index (χ3v) is 4.89. The van der Waals surface area contributed by atoms with Crippen LogP contribution in [0.2, 0.25) is 0 Å². The fraction of sp³-hybridized carbons (Fsp3) is 0.455. The second kappa shape index (κ2) is 10.2. The topological polar surface area (TPSA) is 86.3 Å². The van der Waals surface area contributed by atoms with Gasteiger partial charge in [0.05, 0.1) is 38.4 Å². The molecule has 0 saturated carbocycles. The summed E-state index contributed by atoms with van der Waals surface area (Å²) in [6, 6.07) is 5.36. The molecule has 0 aliphatic carbocycles. The summed E-state index contributed by atoms with van der Waals surface area (Å²) in [5, 5.41) is 3.09. The third kappa shape index (κ3) is 4.94. The molecule has 2 rings (SSSR count). The molecule has 1 aliphatic rings. The van der Waals surface area contributed by atoms with E-state index in [1.807, 2.05) is 25.1 Å². The van der Waals surface area contributed by atoms with Crippen molar-refractivity contribution in [3.8, 4) is 11.5 Å². The third-order valence-electron chi connectivity index (χ3n) is 4.89. The maximum absolute atomic E-state index is 12.6. The average Bonchev–Trinajstić information content (AvgIpc) is 2.72. The van der Waals surface area contributed by atoms with Crippen molar-refractivity contribution in [3.05, 3.63) is 46.3 Å². The van der Waals surface area contributed by atoms with Crippen LogP contribution in [0.1, 0.15) is 25.3 Å². The minimum absolute atomic E-state index is 0.340. The van der Waals surface area contributed by atoms with E-state index in [2.05, 4.69) is 5.32 Å². The van der Waals surface area contributed by atoms with E-state index in [9.17, 15) is 9.59 Å². The van der Waals surface area contributed by atoms with Gasteiger partial charge >= 0.3 is 11.9 Å². The number of nitrogens with zero attached hydrogens (tertiary/aromatic N) is 1. The van der Waals surface area contributed by atoms with Gasteiger partial charge < -0.3 is 29.2 Å². The smallest absolute Gasteiger partial charge is 0.336 e. The van der Waals surface area contributed by atoms with E-state index in [-0.39, 0.29) is 0 Å². The predicted molar refractivity (Wildman–Crippen MR) is 112 cm³/mol. The standard InChI is InChI=1S/C22H30N2O6/c1-13-18(21(25)28-6)20(19(14(2)23-13)22(26)29-7)15-8-9-16(17(12-15)27-5)30-11-10-24(3)4/h8-9,12,20,23H,10-11H2,1-7H3. The number of rotatable bonds is 8. The van der Waals surface area contributed by atoms with Gasteiger partial charge in [-0.15, -0.1) is 0 Å². The SMILES string of the molecule is COC(=O)C1=C(C)NC(C)=C(C(=O)OC)C1c1ccc(OCCN(C)C)c(OC)c1. The van der Waals surface area contributed by atoms with Crippen LogP contribution in [0.15, 0.2) is 40.7 Å². The second-order valence-corrected chi connectivity index (χ2v) is 7.18. The van der Waals surface area contributed by atoms with E-state index in [0.717, 1.165) is 6.54 Å². The van der Waals surface area contributed by atoms with Crippen LogP contribution < -0.4 is 14.8 Å². The van der Waals surface area contributed by atoms with E-state index in [1.165, 1.54) is 14.2 Å². The maximum atomic E-state index is 12.6. The summed E-state index contributed by atoms with van der Waals surface area (Å²) in [5.74, 6) is -0.629. The fourth-order valence-corrected chi connectivity index (χ4v) is 3.41. The molecule has 1 aliphatic heterocycles. The molecule has 0 atom stereocenters. The van der Waals surface area contributed by atoms with Crippen molar-refractivity contribution in [2.24, 2.45) is 0 Å². The van der Waals surface area contributed by atoms with Crippen molar-refractivity contribution in [2.45, 2.75) is 19.8 Å². The normalized spacial score (nSPS) is 14.5. The van der Waals surface area contributed by atoms with E-state index in [4.69, 9.17) is 18.9 Å². The number of ether oxygens (including phenoxy) is 4. The van der Waals surface area contributed by atoms with Crippen molar-refractivity contribution < 1.29 is 28.5 Å². The Balaban J connectivity index is 2.55. The van der Waals surface area contributed by atoms with Crippen LogP contribution in [0.25, 0.3) is 0 Å². The van der Waals surface area contributed by atoms with Crippen LogP contribution in [0.5, 0.6) is 11.5 Å². The molecule has 8 nitrogen and oxygen atoms in total. The molecule has 0 spiro atoms. The van der Waals surface area contributed by atoms with Gasteiger partial charge in [-0.05, 0) is 45.6 Å². The van der Waals surface area contributed by atoms with Crippen molar-refractivity contribution >= 4 is 11.9 Å². The summed E-state index contributed by atoms with van der Waals surface area (Å²) < 4.78 is 21.3. The zero-order chi connectivity index (χ0) is 22.4. The monoisotopic (exact) mass is 418 g/mol. The van der Waals surface area contributed by atoms with E-state index in [1.54, 1.807) is 33.1 Å². The van der Waals surface area contributed by atoms with Crippen LogP contribution in [0.3, 0.4) is 0 Å². The van der Waals surface area contributed by atoms with Crippen molar-refractivity contribution in [3.63, 3.8) is 0 Å². The quantitative estimate of drug-likeness (QED) is 0.643. The van der Waals surface area contributed by atoms with Gasteiger partial charge in [-0.1, -0.05) is 6.07 Å². The Kier molecular flexibility index (Phi) is 7.88. The number of nitrogens with one attached hydrogen (secondary N) is 1. The van der Waals surface area contributed by atoms with E-state index >= 15 is 0 Å². The Labute approximate surface area is 177 Å². The Bertz CT molecular complexity index is 834. The lowest BCUT2D eigenvalue weighted by molar-refractivity contribution is -0.137. The molecule has 0 unspecified atom stereocenters. The molecule has 0 radical (unpaired) electrons. The number of hydrogen-bond acceptors (Lipinski definition) is 8. The Morgan fingerprint density at radius 2 is 1.53 bits per heavy atom. The summed E-state index contributed by atoms with van der Waals surface area (Å²) in [6.45, 7) is 4.79. The van der Waals surface area contributed by atoms with Gasteiger partial charge in [0.15, 0.2) is 11.5 Å². The number of esters is 2. The molecular weight excluding hydrogens is 388 g/mol. The first-order valence-electron chi connectivity index (χ1n) is 9.55. The largest absolute Gasteiger partial charge is 0.493 e. The van der Waals surface area contributed by atoms with Gasteiger partial charge in [-0.2, -0.15) is 0 Å². The zero-order valence-electron chi connectivity index (χ0n) is 18.6. The first-order valence-corrected chi connectivity index (χ1v) is 9.55. The second-order valence-electron chi connectivity index (χ2n) is 7.18. The average molecular weight is 418 g/mol. The van der Waals surface area contributed by atoms with Crippen molar-refractivity contribution in [2.75, 3.05) is 48.6 Å². The highest BCUT2D eigenvalue weighted by atomic mass is 16.5. The molecule has 1 aromatic rings. The number of dihydropyridines is 1. The van der Waals surface area contributed by atoms with Gasteiger partial charge in [0, 0.05) is 17.9 Å². The highest BCUT2D eigenvalue weighted by molar-refractivity contribution is 5.99. The highest BCUT2D eigenvalue weighted by Crippen LogP contribution is 2.41. The molecule has 1 heterocycles. The van der Waals surface area contributed by atoms with E-state index < -0.39 is 17.9 Å². The molecule has 0 saturated heterocycles. The number of hydrogen-bond donors (Lipinski definition) is 1. The first-order chi connectivity index (χ1) is 14.2. The molecule has 0 fully saturated rings. The van der Waals surface area contributed by atoms with Gasteiger partial charge in [-0.3, -0.25) is 0 Å². The molecule has 8 heteroatoms. The Morgan fingerprint density at radius 1 is 0.967 bits per heavy atom.